The number of aromatic nitrogens is 2. The average molecular weight is 489 g/mol. The fraction of sp³-hybridized carbons (Fsp3) is 0.333. The number of carbonyl (C=O) groups excluding carboxylic acids is 2. The molecule has 3 aliphatic rings. The first-order chi connectivity index (χ1) is 17.3. The Balaban J connectivity index is 1.55. The molecule has 2 amide bonds. The van der Waals surface area contributed by atoms with Gasteiger partial charge in [0.25, 0.3) is 5.91 Å². The summed E-state index contributed by atoms with van der Waals surface area (Å²) >= 11 is 0. The lowest BCUT2D eigenvalue weighted by atomic mass is 9.82. The molecule has 1 aliphatic heterocycles. The Labute approximate surface area is 207 Å². The Hall–Kier alpha value is -4.14. The largest absolute Gasteiger partial charge is 0.481 e. The minimum absolute atomic E-state index is 0.0147. The monoisotopic (exact) mass is 488 g/mol. The zero-order valence-electron chi connectivity index (χ0n) is 19.8. The van der Waals surface area contributed by atoms with Crippen molar-refractivity contribution in [1.29, 1.82) is 0 Å². The molecular weight excluding hydrogens is 460 g/mol. The molecule has 36 heavy (non-hydrogen) atoms. The summed E-state index contributed by atoms with van der Waals surface area (Å²) in [6, 6.07) is 4.36. The second-order valence-corrected chi connectivity index (χ2v) is 9.41. The molecule has 2 aromatic rings. The van der Waals surface area contributed by atoms with Gasteiger partial charge in [0.2, 0.25) is 5.91 Å². The van der Waals surface area contributed by atoms with Crippen LogP contribution in [-0.4, -0.2) is 49.5 Å². The smallest absolute Gasteiger partial charge is 0.329 e. The summed E-state index contributed by atoms with van der Waals surface area (Å²) in [5.74, 6) is -1.69. The fourth-order valence-corrected chi connectivity index (χ4v) is 5.43. The van der Waals surface area contributed by atoms with Gasteiger partial charge in [-0.25, -0.2) is 4.79 Å². The minimum Gasteiger partial charge on any atom is -0.481 e. The van der Waals surface area contributed by atoms with Gasteiger partial charge in [-0.2, -0.15) is 0 Å². The van der Waals surface area contributed by atoms with E-state index in [1.165, 1.54) is 15.0 Å². The third-order valence-electron chi connectivity index (χ3n) is 7.24. The van der Waals surface area contributed by atoms with Crippen LogP contribution in [0.15, 0.2) is 70.6 Å². The molecular formula is C27H28N4O5. The maximum Gasteiger partial charge on any atom is 0.329 e. The van der Waals surface area contributed by atoms with E-state index in [0.29, 0.717) is 42.5 Å². The molecule has 1 aromatic heterocycles. The third kappa shape index (κ3) is 4.21. The van der Waals surface area contributed by atoms with E-state index in [0.717, 1.165) is 12.0 Å². The van der Waals surface area contributed by atoms with Crippen molar-refractivity contribution in [2.75, 3.05) is 6.54 Å². The normalized spacial score (nSPS) is 20.8. The van der Waals surface area contributed by atoms with Crippen LogP contribution in [0.2, 0.25) is 0 Å². The lowest BCUT2D eigenvalue weighted by Gasteiger charge is -2.25. The maximum atomic E-state index is 13.5. The number of fused-ring (bicyclic) bond motifs is 2. The molecule has 1 unspecified atom stereocenters. The summed E-state index contributed by atoms with van der Waals surface area (Å²) in [6.07, 6.45) is 14.1. The number of hydrogen-bond acceptors (Lipinski definition) is 4. The van der Waals surface area contributed by atoms with E-state index in [4.69, 9.17) is 5.73 Å². The molecule has 2 aliphatic carbocycles. The zero-order valence-corrected chi connectivity index (χ0v) is 19.8. The molecule has 1 fully saturated rings. The summed E-state index contributed by atoms with van der Waals surface area (Å²) in [7, 11) is 0. The number of carboxylic acids is 1. The topological polar surface area (TPSA) is 128 Å². The van der Waals surface area contributed by atoms with Gasteiger partial charge in [0.05, 0.1) is 17.5 Å². The van der Waals surface area contributed by atoms with Crippen molar-refractivity contribution in [1.82, 2.24) is 14.0 Å². The SMILES string of the molecule is NC(=O)[C@@H]1CCCN1C(=O)c1ccc2c(c1)n(CCC(=O)O)c(=O)n2CC1=CC=CC2=CC=CCC21. The number of hydrogen-bond donors (Lipinski definition) is 2. The van der Waals surface area contributed by atoms with E-state index in [-0.39, 0.29) is 30.5 Å². The van der Waals surface area contributed by atoms with Crippen LogP contribution in [0.5, 0.6) is 0 Å². The molecule has 9 nitrogen and oxygen atoms in total. The van der Waals surface area contributed by atoms with Gasteiger partial charge in [0.1, 0.15) is 6.04 Å². The first-order valence-electron chi connectivity index (χ1n) is 12.1. The van der Waals surface area contributed by atoms with Crippen LogP contribution in [0.4, 0.5) is 0 Å². The van der Waals surface area contributed by atoms with Crippen LogP contribution in [0.3, 0.4) is 0 Å². The number of likely N-dealkylation sites (tertiary alicyclic amines) is 1. The fourth-order valence-electron chi connectivity index (χ4n) is 5.43. The van der Waals surface area contributed by atoms with Gasteiger partial charge in [-0.15, -0.1) is 0 Å². The number of nitrogens with zero attached hydrogens (tertiary/aromatic N) is 3. The van der Waals surface area contributed by atoms with Crippen molar-refractivity contribution in [2.45, 2.75) is 44.8 Å². The summed E-state index contributed by atoms with van der Waals surface area (Å²) in [5.41, 5.74) is 8.91. The van der Waals surface area contributed by atoms with E-state index in [1.54, 1.807) is 22.8 Å². The number of primary amides is 1. The number of nitrogens with two attached hydrogens (primary N) is 1. The van der Waals surface area contributed by atoms with E-state index < -0.39 is 17.9 Å². The average Bonchev–Trinajstić information content (AvgIpc) is 3.46. The van der Waals surface area contributed by atoms with Crippen LogP contribution >= 0.6 is 0 Å². The number of rotatable bonds is 7. The van der Waals surface area contributed by atoms with Crippen molar-refractivity contribution in [3.63, 3.8) is 0 Å². The zero-order chi connectivity index (χ0) is 25.4. The van der Waals surface area contributed by atoms with Crippen LogP contribution in [0.1, 0.15) is 36.0 Å². The molecule has 0 radical (unpaired) electrons. The Morgan fingerprint density at radius 3 is 2.69 bits per heavy atom. The van der Waals surface area contributed by atoms with Gasteiger partial charge in [0.15, 0.2) is 0 Å². The number of benzene rings is 1. The second kappa shape index (κ2) is 9.49. The number of imidazole rings is 1. The second-order valence-electron chi connectivity index (χ2n) is 9.41. The number of aryl methyl sites for hydroxylation is 1. The number of carboxylic acid groups (broad SMARTS) is 1. The maximum absolute atomic E-state index is 13.5. The highest BCUT2D eigenvalue weighted by Gasteiger charge is 2.33. The van der Waals surface area contributed by atoms with Crippen LogP contribution in [-0.2, 0) is 22.7 Å². The first-order valence-corrected chi connectivity index (χ1v) is 12.1. The van der Waals surface area contributed by atoms with Crippen molar-refractivity contribution in [3.8, 4) is 0 Å². The molecule has 0 saturated carbocycles. The van der Waals surface area contributed by atoms with E-state index in [9.17, 15) is 24.3 Å². The standard InChI is InChI=1S/C27H28N4O5/c28-25(34)22-9-4-13-29(22)26(35)18-10-11-21-23(15-18)30(14-12-24(32)33)27(36)31(21)16-19-7-3-6-17-5-1-2-8-20(17)19/h1-3,5-7,10-11,15,20,22H,4,8-9,12-14,16H2,(H2,28,34)(H,32,33)/t20?,22-/m0/s1. The summed E-state index contributed by atoms with van der Waals surface area (Å²) in [4.78, 5) is 51.3. The molecule has 3 N–H and O–H groups in total. The molecule has 9 heteroatoms. The number of carbonyl (C=O) groups is 3. The van der Waals surface area contributed by atoms with Gasteiger partial charge in [0, 0.05) is 31.1 Å². The number of aliphatic carboxylic acids is 1. The van der Waals surface area contributed by atoms with E-state index >= 15 is 0 Å². The third-order valence-corrected chi connectivity index (χ3v) is 7.24. The summed E-state index contributed by atoms with van der Waals surface area (Å²) in [5, 5.41) is 9.25. The lowest BCUT2D eigenvalue weighted by molar-refractivity contribution is -0.137. The highest BCUT2D eigenvalue weighted by Crippen LogP contribution is 2.33. The molecule has 1 aromatic carbocycles. The highest BCUT2D eigenvalue weighted by atomic mass is 16.4. The Morgan fingerprint density at radius 1 is 1.08 bits per heavy atom. The minimum atomic E-state index is -1.01. The van der Waals surface area contributed by atoms with Gasteiger partial charge in [-0.1, -0.05) is 36.5 Å². The van der Waals surface area contributed by atoms with Gasteiger partial charge >= 0.3 is 11.7 Å². The van der Waals surface area contributed by atoms with Crippen LogP contribution in [0, 0.1) is 5.92 Å². The molecule has 186 valence electrons. The number of amides is 2. The van der Waals surface area contributed by atoms with Crippen molar-refractivity contribution < 1.29 is 19.5 Å². The molecule has 0 spiro atoms. The summed E-state index contributed by atoms with van der Waals surface area (Å²) < 4.78 is 3.07. The molecule has 1 saturated heterocycles. The lowest BCUT2D eigenvalue weighted by Crippen LogP contribution is -2.43. The predicted octanol–water partition coefficient (Wildman–Crippen LogP) is 2.37. The summed E-state index contributed by atoms with van der Waals surface area (Å²) in [6.45, 7) is 0.780. The predicted molar refractivity (Wildman–Crippen MR) is 134 cm³/mol. The van der Waals surface area contributed by atoms with Crippen molar-refractivity contribution in [3.05, 3.63) is 81.8 Å². The van der Waals surface area contributed by atoms with Crippen LogP contribution in [0.25, 0.3) is 11.0 Å². The van der Waals surface area contributed by atoms with Gasteiger partial charge in [-0.05, 0) is 48.6 Å². The molecule has 2 atom stereocenters. The molecule has 0 bridgehead atoms. The highest BCUT2D eigenvalue weighted by molar-refractivity contribution is 6.00. The Morgan fingerprint density at radius 2 is 1.92 bits per heavy atom. The first kappa shape index (κ1) is 23.6. The molecule has 5 rings (SSSR count). The van der Waals surface area contributed by atoms with E-state index in [2.05, 4.69) is 18.2 Å². The van der Waals surface area contributed by atoms with Gasteiger partial charge in [-0.3, -0.25) is 23.5 Å². The van der Waals surface area contributed by atoms with Gasteiger partial charge < -0.3 is 15.7 Å². The Kier molecular flexibility index (Phi) is 6.22. The molecule has 2 heterocycles. The van der Waals surface area contributed by atoms with Crippen molar-refractivity contribution in [2.24, 2.45) is 11.7 Å². The Bertz CT molecular complexity index is 1440. The van der Waals surface area contributed by atoms with Crippen LogP contribution < -0.4 is 11.4 Å². The van der Waals surface area contributed by atoms with Crippen molar-refractivity contribution >= 4 is 28.8 Å². The number of allylic oxidation sites excluding steroid dienone is 8. The van der Waals surface area contributed by atoms with E-state index in [1.807, 2.05) is 18.2 Å². The quantitative estimate of drug-likeness (QED) is 0.619.